The van der Waals surface area contributed by atoms with Crippen LogP contribution in [0, 0.1) is 0 Å². The molecule has 1 aromatic heterocycles. The standard InChI is InChI=1S/C15H11ClN2O3S/c16-14-13(19)15(17-18(14)11-7-3-1-4-8-11)22(20,21)12-9-5-2-6-10-12/h1-10,19H. The summed E-state index contributed by atoms with van der Waals surface area (Å²) in [4.78, 5) is 0.0414. The fourth-order valence-electron chi connectivity index (χ4n) is 2.00. The Balaban J connectivity index is 2.18. The lowest BCUT2D eigenvalue weighted by atomic mass is 10.3. The molecule has 7 heteroatoms. The molecule has 0 aliphatic heterocycles. The van der Waals surface area contributed by atoms with Crippen molar-refractivity contribution in [2.75, 3.05) is 0 Å². The molecule has 2 aromatic carbocycles. The van der Waals surface area contributed by atoms with Crippen LogP contribution in [0.5, 0.6) is 5.75 Å². The second-order valence-electron chi connectivity index (χ2n) is 4.51. The fraction of sp³-hybridized carbons (Fsp3) is 0. The molecule has 22 heavy (non-hydrogen) atoms. The zero-order chi connectivity index (χ0) is 15.7. The van der Waals surface area contributed by atoms with Crippen LogP contribution in [-0.2, 0) is 9.84 Å². The highest BCUT2D eigenvalue weighted by molar-refractivity contribution is 7.91. The lowest BCUT2D eigenvalue weighted by molar-refractivity contribution is 0.458. The third kappa shape index (κ3) is 2.36. The summed E-state index contributed by atoms with van der Waals surface area (Å²) >= 11 is 6.03. The number of halogens is 1. The van der Waals surface area contributed by atoms with Crippen molar-refractivity contribution in [1.29, 1.82) is 0 Å². The van der Waals surface area contributed by atoms with Gasteiger partial charge in [-0.25, -0.2) is 13.1 Å². The van der Waals surface area contributed by atoms with Gasteiger partial charge in [0.1, 0.15) is 0 Å². The van der Waals surface area contributed by atoms with Gasteiger partial charge in [0.15, 0.2) is 10.9 Å². The molecule has 0 radical (unpaired) electrons. The van der Waals surface area contributed by atoms with E-state index >= 15 is 0 Å². The predicted molar refractivity (Wildman–Crippen MR) is 82.1 cm³/mol. The van der Waals surface area contributed by atoms with Gasteiger partial charge < -0.3 is 5.11 Å². The van der Waals surface area contributed by atoms with Crippen LogP contribution in [0.3, 0.4) is 0 Å². The number of aromatic hydroxyl groups is 1. The quantitative estimate of drug-likeness (QED) is 0.799. The molecule has 0 aliphatic rings. The van der Waals surface area contributed by atoms with E-state index in [0.717, 1.165) is 0 Å². The number of hydrogen-bond acceptors (Lipinski definition) is 4. The molecule has 3 aromatic rings. The van der Waals surface area contributed by atoms with Crippen molar-refractivity contribution >= 4 is 21.4 Å². The Hall–Kier alpha value is -2.31. The number of nitrogens with zero attached hydrogens (tertiary/aromatic N) is 2. The fourth-order valence-corrected chi connectivity index (χ4v) is 3.56. The summed E-state index contributed by atoms with van der Waals surface area (Å²) in [6.07, 6.45) is 0. The first-order valence-electron chi connectivity index (χ1n) is 6.35. The first-order valence-corrected chi connectivity index (χ1v) is 8.21. The largest absolute Gasteiger partial charge is 0.503 e. The molecular weight excluding hydrogens is 324 g/mol. The van der Waals surface area contributed by atoms with Crippen LogP contribution in [0.15, 0.2) is 70.6 Å². The molecule has 0 unspecified atom stereocenters. The molecule has 5 nitrogen and oxygen atoms in total. The van der Waals surface area contributed by atoms with E-state index in [4.69, 9.17) is 11.6 Å². The van der Waals surface area contributed by atoms with E-state index in [2.05, 4.69) is 5.10 Å². The number of aromatic nitrogens is 2. The summed E-state index contributed by atoms with van der Waals surface area (Å²) in [6.45, 7) is 0. The van der Waals surface area contributed by atoms with Gasteiger partial charge in [0.05, 0.1) is 10.6 Å². The highest BCUT2D eigenvalue weighted by Crippen LogP contribution is 2.35. The zero-order valence-corrected chi connectivity index (χ0v) is 12.8. The maximum absolute atomic E-state index is 12.6. The van der Waals surface area contributed by atoms with Crippen molar-refractivity contribution in [3.05, 3.63) is 65.8 Å². The van der Waals surface area contributed by atoms with E-state index in [1.54, 1.807) is 42.5 Å². The molecule has 0 saturated heterocycles. The molecule has 0 bridgehead atoms. The number of benzene rings is 2. The highest BCUT2D eigenvalue weighted by Gasteiger charge is 2.29. The molecular formula is C15H11ClN2O3S. The Morgan fingerprint density at radius 1 is 0.955 bits per heavy atom. The zero-order valence-electron chi connectivity index (χ0n) is 11.2. The molecule has 0 amide bonds. The van der Waals surface area contributed by atoms with Crippen LogP contribution in [0.25, 0.3) is 5.69 Å². The highest BCUT2D eigenvalue weighted by atomic mass is 35.5. The maximum atomic E-state index is 12.6. The van der Waals surface area contributed by atoms with Gasteiger partial charge in [-0.3, -0.25) is 0 Å². The predicted octanol–water partition coefficient (Wildman–Crippen LogP) is 3.06. The van der Waals surface area contributed by atoms with Gasteiger partial charge >= 0.3 is 0 Å². The monoisotopic (exact) mass is 334 g/mol. The molecule has 0 fully saturated rings. The Kier molecular flexibility index (Phi) is 3.64. The third-order valence-corrected chi connectivity index (χ3v) is 5.10. The minimum absolute atomic E-state index is 0.0414. The normalized spacial score (nSPS) is 11.5. The molecule has 1 N–H and O–H groups in total. The summed E-state index contributed by atoms with van der Waals surface area (Å²) in [5.74, 6) is -0.561. The van der Waals surface area contributed by atoms with Crippen LogP contribution in [-0.4, -0.2) is 23.3 Å². The van der Waals surface area contributed by atoms with Crippen molar-refractivity contribution < 1.29 is 13.5 Å². The maximum Gasteiger partial charge on any atom is 0.229 e. The van der Waals surface area contributed by atoms with Gasteiger partial charge in [-0.15, -0.1) is 0 Å². The summed E-state index contributed by atoms with van der Waals surface area (Å²) in [5, 5.41) is 13.4. The second-order valence-corrected chi connectivity index (χ2v) is 6.73. The van der Waals surface area contributed by atoms with Crippen molar-refractivity contribution in [3.8, 4) is 11.4 Å². The molecule has 112 valence electrons. The lowest BCUT2D eigenvalue weighted by Gasteiger charge is -2.02. The minimum Gasteiger partial charge on any atom is -0.503 e. The SMILES string of the molecule is O=S(=O)(c1ccccc1)c1nn(-c2ccccc2)c(Cl)c1O. The average molecular weight is 335 g/mol. The molecule has 0 atom stereocenters. The van der Waals surface area contributed by atoms with Crippen LogP contribution in [0.4, 0.5) is 0 Å². The Labute approximate surface area is 132 Å². The molecule has 0 spiro atoms. The van der Waals surface area contributed by atoms with Crippen LogP contribution < -0.4 is 0 Å². The van der Waals surface area contributed by atoms with Gasteiger partial charge in [0.25, 0.3) is 0 Å². The average Bonchev–Trinajstić information content (AvgIpc) is 2.86. The van der Waals surface area contributed by atoms with Crippen LogP contribution in [0.1, 0.15) is 0 Å². The minimum atomic E-state index is -3.95. The number of para-hydroxylation sites is 1. The summed E-state index contributed by atoms with van der Waals surface area (Å²) in [6, 6.07) is 16.5. The summed E-state index contributed by atoms with van der Waals surface area (Å²) < 4.78 is 26.3. The Bertz CT molecular complexity index is 907. The van der Waals surface area contributed by atoms with Crippen molar-refractivity contribution in [2.24, 2.45) is 0 Å². The van der Waals surface area contributed by atoms with Gasteiger partial charge in [-0.2, -0.15) is 5.10 Å². The Morgan fingerprint density at radius 3 is 2.09 bits per heavy atom. The van der Waals surface area contributed by atoms with Crippen molar-refractivity contribution in [1.82, 2.24) is 9.78 Å². The van der Waals surface area contributed by atoms with Gasteiger partial charge in [-0.05, 0) is 24.3 Å². The summed E-state index contributed by atoms with van der Waals surface area (Å²) in [7, 11) is -3.95. The first-order chi connectivity index (χ1) is 10.5. The van der Waals surface area contributed by atoms with E-state index in [9.17, 15) is 13.5 Å². The van der Waals surface area contributed by atoms with Gasteiger partial charge in [-0.1, -0.05) is 48.0 Å². The van der Waals surface area contributed by atoms with E-state index in [1.165, 1.54) is 16.8 Å². The molecule has 3 rings (SSSR count). The second kappa shape index (κ2) is 5.47. The van der Waals surface area contributed by atoms with Crippen LogP contribution in [0.2, 0.25) is 5.15 Å². The molecule has 0 saturated carbocycles. The first kappa shape index (κ1) is 14.6. The Morgan fingerprint density at radius 2 is 1.50 bits per heavy atom. The number of rotatable bonds is 3. The van der Waals surface area contributed by atoms with Crippen LogP contribution >= 0.6 is 11.6 Å². The third-order valence-electron chi connectivity index (χ3n) is 3.08. The number of hydrogen-bond donors (Lipinski definition) is 1. The summed E-state index contributed by atoms with van der Waals surface area (Å²) in [5.41, 5.74) is 0.553. The van der Waals surface area contributed by atoms with Gasteiger partial charge in [0, 0.05) is 0 Å². The van der Waals surface area contributed by atoms with E-state index in [-0.39, 0.29) is 10.0 Å². The number of sulfone groups is 1. The van der Waals surface area contributed by atoms with Crippen molar-refractivity contribution in [2.45, 2.75) is 9.92 Å². The smallest absolute Gasteiger partial charge is 0.229 e. The topological polar surface area (TPSA) is 72.2 Å². The van der Waals surface area contributed by atoms with Crippen molar-refractivity contribution in [3.63, 3.8) is 0 Å². The van der Waals surface area contributed by atoms with E-state index in [1.807, 2.05) is 6.07 Å². The molecule has 0 aliphatic carbocycles. The van der Waals surface area contributed by atoms with Gasteiger partial charge in [0.2, 0.25) is 14.9 Å². The molecule has 1 heterocycles. The lowest BCUT2D eigenvalue weighted by Crippen LogP contribution is -2.04. The van der Waals surface area contributed by atoms with E-state index in [0.29, 0.717) is 5.69 Å². The van der Waals surface area contributed by atoms with E-state index < -0.39 is 20.6 Å².